The first-order valence-corrected chi connectivity index (χ1v) is 10.8. The van der Waals surface area contributed by atoms with Gasteiger partial charge in [-0.3, -0.25) is 9.59 Å². The van der Waals surface area contributed by atoms with Gasteiger partial charge in [-0.05, 0) is 42.2 Å². The smallest absolute Gasteiger partial charge is 0.256 e. The first kappa shape index (κ1) is 21.1. The number of anilines is 1. The summed E-state index contributed by atoms with van der Waals surface area (Å²) < 4.78 is 19.9. The molecule has 4 N–H and O–H groups in total. The van der Waals surface area contributed by atoms with Crippen LogP contribution in [0.4, 0.5) is 10.3 Å². The number of hydrogen-bond acceptors (Lipinski definition) is 6. The highest BCUT2D eigenvalue weighted by Gasteiger charge is 2.48. The molecule has 0 bridgehead atoms. The molecular weight excluding hydrogens is 425 g/mol. The zero-order valence-electron chi connectivity index (χ0n) is 18.0. The highest BCUT2D eigenvalue weighted by Crippen LogP contribution is 2.34. The van der Waals surface area contributed by atoms with E-state index in [2.05, 4.69) is 5.16 Å². The molecule has 1 aromatic heterocycles. The van der Waals surface area contributed by atoms with Gasteiger partial charge in [-0.2, -0.15) is 0 Å². The van der Waals surface area contributed by atoms with Crippen molar-refractivity contribution in [3.8, 4) is 22.4 Å². The summed E-state index contributed by atoms with van der Waals surface area (Å²) in [7, 11) is 0. The van der Waals surface area contributed by atoms with Crippen LogP contribution in [-0.2, 0) is 4.79 Å². The summed E-state index contributed by atoms with van der Waals surface area (Å²) in [5.74, 6) is -0.817. The first-order valence-electron chi connectivity index (χ1n) is 10.8. The maximum absolute atomic E-state index is 15.0. The Morgan fingerprint density at radius 3 is 2.24 bits per heavy atom. The molecule has 2 aliphatic rings. The standard InChI is InChI=1S/C24H24FN5O3/c25-19-13-16(15-2-1-3-17(12-15)20-14-21(26)33-28-20)4-5-18(19)22(31)29-8-10-30(11-9-29)23(32)24(27)6-7-24/h1-5,12-14H,6-11,26-27H2. The Kier molecular flexibility index (Phi) is 5.13. The molecule has 1 aliphatic heterocycles. The van der Waals surface area contributed by atoms with E-state index in [1.54, 1.807) is 21.9 Å². The number of nitrogens with two attached hydrogens (primary N) is 2. The lowest BCUT2D eigenvalue weighted by Gasteiger charge is -2.36. The Morgan fingerprint density at radius 2 is 1.61 bits per heavy atom. The lowest BCUT2D eigenvalue weighted by atomic mass is 10.00. The highest BCUT2D eigenvalue weighted by atomic mass is 19.1. The second-order valence-electron chi connectivity index (χ2n) is 8.63. The number of benzene rings is 2. The van der Waals surface area contributed by atoms with Crippen molar-refractivity contribution < 1.29 is 18.5 Å². The Balaban J connectivity index is 1.29. The Bertz CT molecular complexity index is 1230. The third kappa shape index (κ3) is 4.07. The highest BCUT2D eigenvalue weighted by molar-refractivity contribution is 5.95. The van der Waals surface area contributed by atoms with Crippen molar-refractivity contribution in [2.75, 3.05) is 31.9 Å². The number of nitrogens with zero attached hydrogens (tertiary/aromatic N) is 3. The third-order valence-corrected chi connectivity index (χ3v) is 6.29. The fourth-order valence-corrected chi connectivity index (χ4v) is 4.10. The molecule has 2 amide bonds. The van der Waals surface area contributed by atoms with Crippen molar-refractivity contribution in [1.29, 1.82) is 0 Å². The summed E-state index contributed by atoms with van der Waals surface area (Å²) in [5, 5.41) is 3.90. The van der Waals surface area contributed by atoms with Crippen LogP contribution in [0.25, 0.3) is 22.4 Å². The number of carbonyl (C=O) groups is 2. The lowest BCUT2D eigenvalue weighted by Crippen LogP contribution is -2.55. The van der Waals surface area contributed by atoms with Crippen molar-refractivity contribution in [2.45, 2.75) is 18.4 Å². The fraction of sp³-hybridized carbons (Fsp3) is 0.292. The summed E-state index contributed by atoms with van der Waals surface area (Å²) in [6.45, 7) is 1.51. The molecule has 0 unspecified atom stereocenters. The molecule has 0 radical (unpaired) electrons. The van der Waals surface area contributed by atoms with Gasteiger partial charge in [-0.15, -0.1) is 0 Å². The minimum atomic E-state index is -0.717. The summed E-state index contributed by atoms with van der Waals surface area (Å²) >= 11 is 0. The summed E-state index contributed by atoms with van der Waals surface area (Å²) in [6.07, 6.45) is 1.41. The third-order valence-electron chi connectivity index (χ3n) is 6.29. The number of carbonyl (C=O) groups excluding carboxylic acids is 2. The molecule has 0 spiro atoms. The number of piperazine rings is 1. The molecule has 1 saturated heterocycles. The van der Waals surface area contributed by atoms with Crippen LogP contribution in [0.5, 0.6) is 0 Å². The summed E-state index contributed by atoms with van der Waals surface area (Å²) in [6, 6.07) is 13.6. The number of nitrogen functional groups attached to an aromatic ring is 1. The van der Waals surface area contributed by atoms with Crippen LogP contribution in [-0.4, -0.2) is 58.5 Å². The molecule has 2 aromatic carbocycles. The van der Waals surface area contributed by atoms with E-state index in [0.717, 1.165) is 11.1 Å². The number of hydrogen-bond donors (Lipinski definition) is 2. The van der Waals surface area contributed by atoms with E-state index in [1.807, 2.05) is 24.3 Å². The molecule has 2 fully saturated rings. The van der Waals surface area contributed by atoms with Gasteiger partial charge in [0, 0.05) is 37.8 Å². The van der Waals surface area contributed by atoms with Crippen LogP contribution in [0.1, 0.15) is 23.2 Å². The normalized spacial score (nSPS) is 17.2. The summed E-state index contributed by atoms with van der Waals surface area (Å²) in [5.41, 5.74) is 13.7. The molecule has 1 aliphatic carbocycles. The van der Waals surface area contributed by atoms with Gasteiger partial charge in [0.2, 0.25) is 11.8 Å². The molecule has 8 nitrogen and oxygen atoms in total. The minimum absolute atomic E-state index is 0.0106. The van der Waals surface area contributed by atoms with Crippen molar-refractivity contribution in [3.63, 3.8) is 0 Å². The Hall–Kier alpha value is -3.72. The van der Waals surface area contributed by atoms with Crippen molar-refractivity contribution >= 4 is 17.7 Å². The topological polar surface area (TPSA) is 119 Å². The van der Waals surface area contributed by atoms with E-state index in [4.69, 9.17) is 16.0 Å². The predicted molar refractivity (Wildman–Crippen MR) is 120 cm³/mol. The minimum Gasteiger partial charge on any atom is -0.368 e. The molecule has 5 rings (SSSR count). The Labute approximate surface area is 189 Å². The van der Waals surface area contributed by atoms with E-state index >= 15 is 0 Å². The number of aromatic nitrogens is 1. The van der Waals surface area contributed by atoms with Gasteiger partial charge >= 0.3 is 0 Å². The van der Waals surface area contributed by atoms with E-state index in [-0.39, 0.29) is 23.3 Å². The van der Waals surface area contributed by atoms with E-state index in [1.165, 1.54) is 12.1 Å². The molecular formula is C24H24FN5O3. The van der Waals surface area contributed by atoms with Crippen molar-refractivity contribution in [3.05, 3.63) is 59.9 Å². The van der Waals surface area contributed by atoms with Crippen molar-refractivity contribution in [1.82, 2.24) is 15.0 Å². The maximum atomic E-state index is 15.0. The maximum Gasteiger partial charge on any atom is 0.256 e. The van der Waals surface area contributed by atoms with Crippen molar-refractivity contribution in [2.24, 2.45) is 5.73 Å². The molecule has 33 heavy (non-hydrogen) atoms. The second-order valence-corrected chi connectivity index (χ2v) is 8.63. The van der Waals surface area contributed by atoms with E-state index in [9.17, 15) is 14.0 Å². The van der Waals surface area contributed by atoms with Crippen LogP contribution in [0.3, 0.4) is 0 Å². The quantitative estimate of drug-likeness (QED) is 0.632. The second kappa shape index (κ2) is 8.00. The predicted octanol–water partition coefficient (Wildman–Crippen LogP) is 2.51. The zero-order valence-corrected chi connectivity index (χ0v) is 18.0. The average Bonchev–Trinajstić information content (AvgIpc) is 3.44. The fourth-order valence-electron chi connectivity index (χ4n) is 4.10. The van der Waals surface area contributed by atoms with Gasteiger partial charge < -0.3 is 25.8 Å². The molecule has 1 saturated carbocycles. The number of amides is 2. The van der Waals surface area contributed by atoms with Crippen LogP contribution < -0.4 is 11.5 Å². The van der Waals surface area contributed by atoms with Gasteiger partial charge in [0.05, 0.1) is 11.1 Å². The number of rotatable bonds is 4. The molecule has 0 atom stereocenters. The van der Waals surface area contributed by atoms with Gasteiger partial charge in [0.15, 0.2) is 0 Å². The van der Waals surface area contributed by atoms with Crippen LogP contribution in [0.2, 0.25) is 0 Å². The summed E-state index contributed by atoms with van der Waals surface area (Å²) in [4.78, 5) is 28.6. The number of halogens is 1. The largest absolute Gasteiger partial charge is 0.368 e. The van der Waals surface area contributed by atoms with Gasteiger partial charge in [0.1, 0.15) is 11.5 Å². The monoisotopic (exact) mass is 449 g/mol. The van der Waals surface area contributed by atoms with Crippen LogP contribution >= 0.6 is 0 Å². The SMILES string of the molecule is Nc1cc(-c2cccc(-c3ccc(C(=O)N4CCN(C(=O)C5(N)CC5)CC4)c(F)c3)c2)no1. The molecule has 9 heteroatoms. The first-order chi connectivity index (χ1) is 15.8. The Morgan fingerprint density at radius 1 is 0.939 bits per heavy atom. The molecule has 3 aromatic rings. The van der Waals surface area contributed by atoms with Gasteiger partial charge in [-0.25, -0.2) is 4.39 Å². The van der Waals surface area contributed by atoms with E-state index in [0.29, 0.717) is 50.3 Å². The lowest BCUT2D eigenvalue weighted by molar-refractivity contribution is -0.135. The van der Waals surface area contributed by atoms with Gasteiger partial charge in [0.25, 0.3) is 5.91 Å². The zero-order chi connectivity index (χ0) is 23.2. The van der Waals surface area contributed by atoms with Gasteiger partial charge in [-0.1, -0.05) is 29.4 Å². The molecule has 170 valence electrons. The average molecular weight is 449 g/mol. The van der Waals surface area contributed by atoms with Crippen LogP contribution in [0, 0.1) is 5.82 Å². The molecule has 2 heterocycles. The van der Waals surface area contributed by atoms with Crippen LogP contribution in [0.15, 0.2) is 53.1 Å². The van der Waals surface area contributed by atoms with E-state index < -0.39 is 11.4 Å².